The molecule has 1 aliphatic rings. The van der Waals surface area contributed by atoms with Gasteiger partial charge < -0.3 is 5.73 Å². The van der Waals surface area contributed by atoms with Gasteiger partial charge in [0.25, 0.3) is 0 Å². The smallest absolute Gasteiger partial charge is 0.150 e. The van der Waals surface area contributed by atoms with Crippen LogP contribution in [0.15, 0.2) is 18.2 Å². The Labute approximate surface area is 105 Å². The second kappa shape index (κ2) is 4.55. The lowest BCUT2D eigenvalue weighted by Gasteiger charge is -2.18. The lowest BCUT2D eigenvalue weighted by molar-refractivity contribution is 0.477. The minimum Gasteiger partial charge on any atom is -0.324 e. The van der Waals surface area contributed by atoms with Gasteiger partial charge in [-0.05, 0) is 30.0 Å². The fourth-order valence-corrected chi connectivity index (χ4v) is 4.07. The molecule has 0 radical (unpaired) electrons. The summed E-state index contributed by atoms with van der Waals surface area (Å²) in [6.07, 6.45) is 0.535. The van der Waals surface area contributed by atoms with Gasteiger partial charge in [0, 0.05) is 6.04 Å². The van der Waals surface area contributed by atoms with Crippen LogP contribution in [0, 0.1) is 11.7 Å². The lowest BCUT2D eigenvalue weighted by Crippen LogP contribution is -2.22. The van der Waals surface area contributed by atoms with Crippen LogP contribution in [0.2, 0.25) is 5.02 Å². The van der Waals surface area contributed by atoms with Crippen LogP contribution in [0.1, 0.15) is 18.0 Å². The molecule has 1 heterocycles. The summed E-state index contributed by atoms with van der Waals surface area (Å²) in [5.41, 5.74) is 6.56. The van der Waals surface area contributed by atoms with Crippen LogP contribution >= 0.6 is 11.6 Å². The number of sulfone groups is 1. The molecule has 6 heteroatoms. The molecule has 2 atom stereocenters. The SMILES string of the molecule is NC(c1ccc(Cl)c(F)c1)C1CCS(=O)(=O)C1. The summed E-state index contributed by atoms with van der Waals surface area (Å²) in [6, 6.07) is 3.90. The third-order valence-electron chi connectivity index (χ3n) is 3.10. The predicted molar refractivity (Wildman–Crippen MR) is 65.1 cm³/mol. The van der Waals surface area contributed by atoms with Gasteiger partial charge in [0.2, 0.25) is 0 Å². The molecule has 0 aliphatic carbocycles. The molecular formula is C11H13ClFNO2S. The highest BCUT2D eigenvalue weighted by molar-refractivity contribution is 7.91. The standard InChI is InChI=1S/C11H13ClFNO2S/c12-9-2-1-7(5-10(9)13)11(14)8-3-4-17(15,16)6-8/h1-2,5,8,11H,3-4,6,14H2. The van der Waals surface area contributed by atoms with E-state index in [9.17, 15) is 12.8 Å². The third kappa shape index (κ3) is 2.78. The molecule has 2 rings (SSSR count). The normalized spacial score (nSPS) is 24.8. The van der Waals surface area contributed by atoms with E-state index in [0.29, 0.717) is 12.0 Å². The van der Waals surface area contributed by atoms with Crippen molar-refractivity contribution < 1.29 is 12.8 Å². The Morgan fingerprint density at radius 1 is 1.47 bits per heavy atom. The van der Waals surface area contributed by atoms with Crippen LogP contribution in [0.25, 0.3) is 0 Å². The van der Waals surface area contributed by atoms with Crippen LogP contribution in [-0.2, 0) is 9.84 Å². The van der Waals surface area contributed by atoms with E-state index in [2.05, 4.69) is 0 Å². The zero-order valence-electron chi connectivity index (χ0n) is 9.07. The summed E-state index contributed by atoms with van der Waals surface area (Å²) in [5.74, 6) is -0.416. The van der Waals surface area contributed by atoms with Crippen molar-refractivity contribution in [3.05, 3.63) is 34.6 Å². The Balaban J connectivity index is 2.20. The predicted octanol–water partition coefficient (Wildman–Crippen LogP) is 1.91. The highest BCUT2D eigenvalue weighted by Crippen LogP contribution is 2.30. The first-order valence-corrected chi connectivity index (χ1v) is 7.50. The Kier molecular flexibility index (Phi) is 3.43. The van der Waals surface area contributed by atoms with E-state index in [1.807, 2.05) is 0 Å². The monoisotopic (exact) mass is 277 g/mol. The average Bonchev–Trinajstić information content (AvgIpc) is 2.62. The van der Waals surface area contributed by atoms with Crippen molar-refractivity contribution in [2.75, 3.05) is 11.5 Å². The fourth-order valence-electron chi connectivity index (χ4n) is 2.10. The molecule has 1 aromatic rings. The van der Waals surface area contributed by atoms with Gasteiger partial charge in [-0.3, -0.25) is 0 Å². The highest BCUT2D eigenvalue weighted by atomic mass is 35.5. The topological polar surface area (TPSA) is 60.2 Å². The minimum absolute atomic E-state index is 0.0417. The number of hydrogen-bond acceptors (Lipinski definition) is 3. The molecule has 1 saturated heterocycles. The Morgan fingerprint density at radius 3 is 2.71 bits per heavy atom. The zero-order chi connectivity index (χ0) is 12.6. The van der Waals surface area contributed by atoms with E-state index in [1.165, 1.54) is 12.1 Å². The van der Waals surface area contributed by atoms with E-state index < -0.39 is 21.7 Å². The molecule has 2 N–H and O–H groups in total. The fraction of sp³-hybridized carbons (Fsp3) is 0.455. The Bertz CT molecular complexity index is 532. The van der Waals surface area contributed by atoms with Crippen molar-refractivity contribution in [1.29, 1.82) is 0 Å². The van der Waals surface area contributed by atoms with Crippen molar-refractivity contribution in [2.24, 2.45) is 11.7 Å². The van der Waals surface area contributed by atoms with Crippen LogP contribution in [0.4, 0.5) is 4.39 Å². The van der Waals surface area contributed by atoms with Crippen LogP contribution in [0.5, 0.6) is 0 Å². The lowest BCUT2D eigenvalue weighted by atomic mass is 9.93. The van der Waals surface area contributed by atoms with E-state index in [0.717, 1.165) is 0 Å². The molecule has 0 aromatic heterocycles. The second-order valence-corrected chi connectivity index (χ2v) is 7.00. The van der Waals surface area contributed by atoms with Crippen LogP contribution < -0.4 is 5.73 Å². The van der Waals surface area contributed by atoms with Crippen molar-refractivity contribution in [3.8, 4) is 0 Å². The first-order chi connectivity index (χ1) is 7.89. The number of benzene rings is 1. The molecule has 1 fully saturated rings. The summed E-state index contributed by atoms with van der Waals surface area (Å²) < 4.78 is 36.0. The Hall–Kier alpha value is -0.650. The van der Waals surface area contributed by atoms with E-state index in [4.69, 9.17) is 17.3 Å². The van der Waals surface area contributed by atoms with Gasteiger partial charge in [-0.1, -0.05) is 17.7 Å². The first-order valence-electron chi connectivity index (χ1n) is 5.30. The van der Waals surface area contributed by atoms with Gasteiger partial charge in [0.05, 0.1) is 16.5 Å². The van der Waals surface area contributed by atoms with Crippen molar-refractivity contribution in [2.45, 2.75) is 12.5 Å². The zero-order valence-corrected chi connectivity index (χ0v) is 10.6. The van der Waals surface area contributed by atoms with E-state index in [-0.39, 0.29) is 22.4 Å². The summed E-state index contributed by atoms with van der Waals surface area (Å²) >= 11 is 5.58. The molecule has 94 valence electrons. The maximum absolute atomic E-state index is 13.3. The Morgan fingerprint density at radius 2 is 2.18 bits per heavy atom. The average molecular weight is 278 g/mol. The minimum atomic E-state index is -2.97. The maximum Gasteiger partial charge on any atom is 0.150 e. The molecule has 0 amide bonds. The molecule has 17 heavy (non-hydrogen) atoms. The highest BCUT2D eigenvalue weighted by Gasteiger charge is 2.32. The molecule has 0 spiro atoms. The van der Waals surface area contributed by atoms with Crippen molar-refractivity contribution >= 4 is 21.4 Å². The first kappa shape index (κ1) is 12.8. The van der Waals surface area contributed by atoms with Gasteiger partial charge >= 0.3 is 0 Å². The number of rotatable bonds is 2. The summed E-state index contributed by atoms with van der Waals surface area (Å²) in [5, 5.41) is 0.0417. The van der Waals surface area contributed by atoms with Crippen LogP contribution in [-0.4, -0.2) is 19.9 Å². The van der Waals surface area contributed by atoms with E-state index in [1.54, 1.807) is 6.07 Å². The molecule has 0 saturated carbocycles. The summed E-state index contributed by atoms with van der Waals surface area (Å²) in [4.78, 5) is 0. The third-order valence-corrected chi connectivity index (χ3v) is 5.20. The van der Waals surface area contributed by atoms with Gasteiger partial charge in [-0.2, -0.15) is 0 Å². The maximum atomic E-state index is 13.3. The second-order valence-electron chi connectivity index (χ2n) is 4.36. The van der Waals surface area contributed by atoms with Gasteiger partial charge in [-0.15, -0.1) is 0 Å². The molecular weight excluding hydrogens is 265 g/mol. The van der Waals surface area contributed by atoms with Crippen molar-refractivity contribution in [1.82, 2.24) is 0 Å². The molecule has 1 aliphatic heterocycles. The molecule has 1 aromatic carbocycles. The van der Waals surface area contributed by atoms with Gasteiger partial charge in [-0.25, -0.2) is 12.8 Å². The largest absolute Gasteiger partial charge is 0.324 e. The summed E-state index contributed by atoms with van der Waals surface area (Å²) in [6.45, 7) is 0. The number of nitrogens with two attached hydrogens (primary N) is 1. The summed E-state index contributed by atoms with van der Waals surface area (Å²) in [7, 11) is -2.97. The molecule has 3 nitrogen and oxygen atoms in total. The van der Waals surface area contributed by atoms with E-state index >= 15 is 0 Å². The van der Waals surface area contributed by atoms with Crippen molar-refractivity contribution in [3.63, 3.8) is 0 Å². The quantitative estimate of drug-likeness (QED) is 0.898. The number of halogens is 2. The molecule has 2 unspecified atom stereocenters. The number of hydrogen-bond donors (Lipinski definition) is 1. The van der Waals surface area contributed by atoms with Gasteiger partial charge in [0.1, 0.15) is 5.82 Å². The van der Waals surface area contributed by atoms with Gasteiger partial charge in [0.15, 0.2) is 9.84 Å². The molecule has 0 bridgehead atoms. The van der Waals surface area contributed by atoms with Crippen LogP contribution in [0.3, 0.4) is 0 Å².